The van der Waals surface area contributed by atoms with Crippen molar-refractivity contribution in [3.05, 3.63) is 23.7 Å². The number of carbonyl (C=O) groups is 1. The molecule has 0 aromatic carbocycles. The molecule has 0 N–H and O–H groups in total. The third-order valence-electron chi connectivity index (χ3n) is 3.35. The molecular formula is C13H17IO2. The van der Waals surface area contributed by atoms with Crippen molar-refractivity contribution in [2.45, 2.75) is 39.0 Å². The Labute approximate surface area is 110 Å². The molecular weight excluding hydrogens is 315 g/mol. The second-order valence-electron chi connectivity index (χ2n) is 5.14. The predicted octanol–water partition coefficient (Wildman–Crippen LogP) is 3.73. The SMILES string of the molecule is CC(C)(CI)C(=O)C1CCCc2ccoc21. The topological polar surface area (TPSA) is 30.2 Å². The highest BCUT2D eigenvalue weighted by atomic mass is 127. The van der Waals surface area contributed by atoms with Crippen molar-refractivity contribution >= 4 is 28.4 Å². The smallest absolute Gasteiger partial charge is 0.149 e. The summed E-state index contributed by atoms with van der Waals surface area (Å²) in [4.78, 5) is 12.4. The fraction of sp³-hybridized carbons (Fsp3) is 0.615. The van der Waals surface area contributed by atoms with Crippen LogP contribution in [0.4, 0.5) is 0 Å². The zero-order valence-electron chi connectivity index (χ0n) is 9.75. The molecule has 0 aliphatic heterocycles. The van der Waals surface area contributed by atoms with E-state index in [4.69, 9.17) is 4.42 Å². The third kappa shape index (κ3) is 2.06. The van der Waals surface area contributed by atoms with Crippen LogP contribution in [0.1, 0.15) is 43.9 Å². The van der Waals surface area contributed by atoms with E-state index in [1.54, 1.807) is 6.26 Å². The fourth-order valence-corrected chi connectivity index (χ4v) is 2.65. The normalized spacial score (nSPS) is 20.6. The molecule has 1 aromatic rings. The van der Waals surface area contributed by atoms with E-state index in [2.05, 4.69) is 22.6 Å². The van der Waals surface area contributed by atoms with Gasteiger partial charge in [0.05, 0.1) is 12.2 Å². The van der Waals surface area contributed by atoms with Gasteiger partial charge in [0, 0.05) is 9.84 Å². The first kappa shape index (κ1) is 12.1. The van der Waals surface area contributed by atoms with E-state index >= 15 is 0 Å². The molecule has 1 unspecified atom stereocenters. The summed E-state index contributed by atoms with van der Waals surface area (Å²) in [7, 11) is 0. The molecule has 0 saturated heterocycles. The van der Waals surface area contributed by atoms with Crippen LogP contribution < -0.4 is 0 Å². The average Bonchev–Trinajstić information content (AvgIpc) is 2.75. The zero-order valence-corrected chi connectivity index (χ0v) is 11.9. The van der Waals surface area contributed by atoms with Gasteiger partial charge in [0.2, 0.25) is 0 Å². The highest BCUT2D eigenvalue weighted by molar-refractivity contribution is 14.1. The number of furan rings is 1. The Hall–Kier alpha value is -0.320. The second kappa shape index (κ2) is 4.51. The molecule has 0 amide bonds. The van der Waals surface area contributed by atoms with Gasteiger partial charge in [-0.3, -0.25) is 4.79 Å². The molecule has 88 valence electrons. The van der Waals surface area contributed by atoms with Crippen LogP contribution in [0.15, 0.2) is 16.7 Å². The molecule has 3 heteroatoms. The maximum absolute atomic E-state index is 12.4. The summed E-state index contributed by atoms with van der Waals surface area (Å²) in [6.07, 6.45) is 4.81. The minimum Gasteiger partial charge on any atom is -0.468 e. The van der Waals surface area contributed by atoms with E-state index in [-0.39, 0.29) is 11.3 Å². The zero-order chi connectivity index (χ0) is 11.8. The Morgan fingerprint density at radius 1 is 1.62 bits per heavy atom. The molecule has 0 radical (unpaired) electrons. The number of Topliss-reactive ketones (excluding diaryl/α,β-unsaturated/α-hetero) is 1. The van der Waals surface area contributed by atoms with E-state index in [1.807, 2.05) is 19.9 Å². The van der Waals surface area contributed by atoms with Crippen molar-refractivity contribution in [3.8, 4) is 0 Å². The van der Waals surface area contributed by atoms with Crippen molar-refractivity contribution in [1.82, 2.24) is 0 Å². The van der Waals surface area contributed by atoms with Gasteiger partial charge in [0.1, 0.15) is 11.5 Å². The van der Waals surface area contributed by atoms with E-state index in [9.17, 15) is 4.79 Å². The summed E-state index contributed by atoms with van der Waals surface area (Å²) in [6, 6.07) is 2.01. The Bertz CT molecular complexity index is 392. The first-order valence-corrected chi connectivity index (χ1v) is 7.25. The largest absolute Gasteiger partial charge is 0.468 e. The lowest BCUT2D eigenvalue weighted by atomic mass is 9.76. The van der Waals surface area contributed by atoms with Gasteiger partial charge in [-0.15, -0.1) is 0 Å². The van der Waals surface area contributed by atoms with Gasteiger partial charge in [-0.25, -0.2) is 0 Å². The molecule has 1 aromatic heterocycles. The minimum absolute atomic E-state index is 0.0106. The van der Waals surface area contributed by atoms with Crippen molar-refractivity contribution in [2.24, 2.45) is 5.41 Å². The van der Waals surface area contributed by atoms with Crippen LogP contribution in [0.5, 0.6) is 0 Å². The molecule has 0 fully saturated rings. The first-order valence-electron chi connectivity index (χ1n) is 5.73. The molecule has 1 atom stereocenters. The Morgan fingerprint density at radius 3 is 3.06 bits per heavy atom. The van der Waals surface area contributed by atoms with Crippen molar-refractivity contribution in [2.75, 3.05) is 4.43 Å². The number of aryl methyl sites for hydroxylation is 1. The van der Waals surface area contributed by atoms with Gasteiger partial charge in [0.15, 0.2) is 0 Å². The number of ketones is 1. The number of halogens is 1. The number of hydrogen-bond donors (Lipinski definition) is 0. The highest BCUT2D eigenvalue weighted by Gasteiger charge is 2.37. The summed E-state index contributed by atoms with van der Waals surface area (Å²) >= 11 is 2.29. The van der Waals surface area contributed by atoms with E-state index in [0.29, 0.717) is 5.78 Å². The molecule has 1 aliphatic carbocycles. The van der Waals surface area contributed by atoms with E-state index in [1.165, 1.54) is 5.56 Å². The number of fused-ring (bicyclic) bond motifs is 1. The van der Waals surface area contributed by atoms with Gasteiger partial charge in [-0.2, -0.15) is 0 Å². The quantitative estimate of drug-likeness (QED) is 0.624. The maximum Gasteiger partial charge on any atom is 0.149 e. The number of rotatable bonds is 3. The van der Waals surface area contributed by atoms with Crippen molar-refractivity contribution in [3.63, 3.8) is 0 Å². The van der Waals surface area contributed by atoms with Crippen LogP contribution in [0, 0.1) is 5.41 Å². The van der Waals surface area contributed by atoms with Gasteiger partial charge < -0.3 is 4.42 Å². The van der Waals surface area contributed by atoms with Crippen LogP contribution >= 0.6 is 22.6 Å². The average molecular weight is 332 g/mol. The van der Waals surface area contributed by atoms with Crippen LogP contribution in [-0.2, 0) is 11.2 Å². The number of carbonyl (C=O) groups excluding carboxylic acids is 1. The van der Waals surface area contributed by atoms with Gasteiger partial charge >= 0.3 is 0 Å². The Kier molecular flexibility index (Phi) is 3.42. The molecule has 0 saturated carbocycles. The predicted molar refractivity (Wildman–Crippen MR) is 72.1 cm³/mol. The monoisotopic (exact) mass is 332 g/mol. The van der Waals surface area contributed by atoms with Crippen LogP contribution in [-0.4, -0.2) is 10.2 Å². The summed E-state index contributed by atoms with van der Waals surface area (Å²) < 4.78 is 6.36. The molecule has 2 nitrogen and oxygen atoms in total. The first-order chi connectivity index (χ1) is 7.56. The molecule has 2 rings (SSSR count). The summed E-state index contributed by atoms with van der Waals surface area (Å²) in [5.74, 6) is 1.25. The van der Waals surface area contributed by atoms with Crippen LogP contribution in [0.25, 0.3) is 0 Å². The molecule has 16 heavy (non-hydrogen) atoms. The van der Waals surface area contributed by atoms with Crippen molar-refractivity contribution < 1.29 is 9.21 Å². The third-order valence-corrected chi connectivity index (χ3v) is 5.26. The lowest BCUT2D eigenvalue weighted by Gasteiger charge is -2.28. The standard InChI is InChI=1S/C13H17IO2/c1-13(2,8-14)12(15)10-5-3-4-9-6-7-16-11(9)10/h6-7,10H,3-5,8H2,1-2H3. The summed E-state index contributed by atoms with van der Waals surface area (Å²) in [5.41, 5.74) is 0.987. The Morgan fingerprint density at radius 2 is 2.38 bits per heavy atom. The lowest BCUT2D eigenvalue weighted by Crippen LogP contribution is -2.32. The number of alkyl halides is 1. The van der Waals surface area contributed by atoms with Crippen molar-refractivity contribution in [1.29, 1.82) is 0 Å². The van der Waals surface area contributed by atoms with Gasteiger partial charge in [-0.1, -0.05) is 36.4 Å². The van der Waals surface area contributed by atoms with E-state index in [0.717, 1.165) is 29.5 Å². The van der Waals surface area contributed by atoms with Crippen LogP contribution in [0.3, 0.4) is 0 Å². The van der Waals surface area contributed by atoms with Gasteiger partial charge in [0.25, 0.3) is 0 Å². The minimum atomic E-state index is -0.243. The summed E-state index contributed by atoms with van der Waals surface area (Å²) in [5, 5.41) is 0. The lowest BCUT2D eigenvalue weighted by molar-refractivity contribution is -0.128. The van der Waals surface area contributed by atoms with Gasteiger partial charge in [-0.05, 0) is 30.9 Å². The molecule has 1 aliphatic rings. The second-order valence-corrected chi connectivity index (χ2v) is 5.90. The molecule has 0 spiro atoms. The molecule has 0 bridgehead atoms. The maximum atomic E-state index is 12.4. The summed E-state index contributed by atoms with van der Waals surface area (Å²) in [6.45, 7) is 4.05. The number of hydrogen-bond acceptors (Lipinski definition) is 2. The Balaban J connectivity index is 2.28. The van der Waals surface area contributed by atoms with E-state index < -0.39 is 0 Å². The fourth-order valence-electron chi connectivity index (χ4n) is 2.28. The highest BCUT2D eigenvalue weighted by Crippen LogP contribution is 2.38. The molecule has 1 heterocycles. The van der Waals surface area contributed by atoms with Crippen LogP contribution in [0.2, 0.25) is 0 Å².